The van der Waals surface area contributed by atoms with Gasteiger partial charge in [-0.1, -0.05) is 54.6 Å². The number of benzene rings is 3. The molecule has 0 radical (unpaired) electrons. The van der Waals surface area contributed by atoms with Crippen molar-refractivity contribution in [3.63, 3.8) is 0 Å². The summed E-state index contributed by atoms with van der Waals surface area (Å²) in [5, 5.41) is 2.65. The summed E-state index contributed by atoms with van der Waals surface area (Å²) in [6.07, 6.45) is 4.69. The van der Waals surface area contributed by atoms with Crippen molar-refractivity contribution >= 4 is 10.8 Å². The van der Waals surface area contributed by atoms with Gasteiger partial charge in [-0.2, -0.15) is 0 Å². The maximum atomic E-state index is 13.0. The van der Waals surface area contributed by atoms with Gasteiger partial charge in [-0.25, -0.2) is 4.39 Å². The van der Waals surface area contributed by atoms with E-state index in [-0.39, 0.29) is 5.82 Å². The van der Waals surface area contributed by atoms with Gasteiger partial charge in [0, 0.05) is 6.54 Å². The van der Waals surface area contributed by atoms with Gasteiger partial charge in [0.25, 0.3) is 0 Å². The van der Waals surface area contributed by atoms with Crippen molar-refractivity contribution in [3.8, 4) is 0 Å². The Balaban J connectivity index is 1.26. The van der Waals surface area contributed by atoms with Crippen LogP contribution in [-0.4, -0.2) is 24.5 Å². The zero-order valence-electron chi connectivity index (χ0n) is 15.2. The second kappa shape index (κ2) is 8.01. The Labute approximate surface area is 155 Å². The maximum Gasteiger partial charge on any atom is 0.123 e. The molecule has 4 rings (SSSR count). The molecule has 1 saturated heterocycles. The number of rotatable bonds is 5. The van der Waals surface area contributed by atoms with Crippen LogP contribution in [0.3, 0.4) is 0 Å². The van der Waals surface area contributed by atoms with E-state index in [2.05, 4.69) is 47.4 Å². The largest absolute Gasteiger partial charge is 0.303 e. The van der Waals surface area contributed by atoms with Gasteiger partial charge >= 0.3 is 0 Å². The number of halogens is 1. The molecule has 1 fully saturated rings. The average Bonchev–Trinajstić information content (AvgIpc) is 2.69. The van der Waals surface area contributed by atoms with E-state index in [0.29, 0.717) is 0 Å². The van der Waals surface area contributed by atoms with Crippen LogP contribution in [0, 0.1) is 11.7 Å². The van der Waals surface area contributed by atoms with Crippen LogP contribution in [0.5, 0.6) is 0 Å². The molecule has 1 heterocycles. The van der Waals surface area contributed by atoms with Crippen molar-refractivity contribution < 1.29 is 4.39 Å². The molecule has 0 bridgehead atoms. The van der Waals surface area contributed by atoms with Crippen LogP contribution in [0.15, 0.2) is 66.7 Å². The van der Waals surface area contributed by atoms with E-state index < -0.39 is 0 Å². The number of hydrogen-bond acceptors (Lipinski definition) is 1. The third-order valence-corrected chi connectivity index (χ3v) is 5.68. The monoisotopic (exact) mass is 347 g/mol. The Hall–Kier alpha value is -2.19. The topological polar surface area (TPSA) is 3.24 Å². The second-order valence-electron chi connectivity index (χ2n) is 7.55. The number of likely N-dealkylation sites (tertiary alicyclic amines) is 1. The minimum atomic E-state index is -0.141. The highest BCUT2D eigenvalue weighted by Gasteiger charge is 2.19. The van der Waals surface area contributed by atoms with E-state index in [4.69, 9.17) is 0 Å². The Morgan fingerprint density at radius 3 is 2.27 bits per heavy atom. The van der Waals surface area contributed by atoms with Crippen LogP contribution in [0.4, 0.5) is 4.39 Å². The van der Waals surface area contributed by atoms with Crippen molar-refractivity contribution in [3.05, 3.63) is 83.7 Å². The predicted molar refractivity (Wildman–Crippen MR) is 107 cm³/mol. The van der Waals surface area contributed by atoms with Gasteiger partial charge in [-0.15, -0.1) is 0 Å². The summed E-state index contributed by atoms with van der Waals surface area (Å²) in [7, 11) is 0. The van der Waals surface area contributed by atoms with Gasteiger partial charge < -0.3 is 4.90 Å². The Morgan fingerprint density at radius 2 is 1.50 bits per heavy atom. The Kier molecular flexibility index (Phi) is 5.31. The van der Waals surface area contributed by atoms with E-state index in [1.54, 1.807) is 12.1 Å². The van der Waals surface area contributed by atoms with Crippen molar-refractivity contribution in [2.24, 2.45) is 5.92 Å². The number of nitrogens with zero attached hydrogens (tertiary/aromatic N) is 1. The van der Waals surface area contributed by atoms with Gasteiger partial charge in [0.05, 0.1) is 0 Å². The molecule has 0 aliphatic carbocycles. The minimum Gasteiger partial charge on any atom is -0.303 e. The van der Waals surface area contributed by atoms with Crippen molar-refractivity contribution in [2.45, 2.75) is 25.7 Å². The molecular weight excluding hydrogens is 321 g/mol. The molecule has 0 N–H and O–H groups in total. The third-order valence-electron chi connectivity index (χ3n) is 5.68. The first-order chi connectivity index (χ1) is 12.8. The zero-order chi connectivity index (χ0) is 17.8. The third kappa shape index (κ3) is 4.31. The predicted octanol–water partition coefficient (Wildman–Crippen LogP) is 5.48. The normalized spacial score (nSPS) is 16.2. The van der Waals surface area contributed by atoms with E-state index in [1.165, 1.54) is 47.8 Å². The molecule has 1 nitrogen and oxygen atoms in total. The highest BCUT2D eigenvalue weighted by molar-refractivity contribution is 5.82. The first-order valence-corrected chi connectivity index (χ1v) is 9.71. The van der Waals surface area contributed by atoms with Gasteiger partial charge in [-0.05, 0) is 78.7 Å². The van der Waals surface area contributed by atoms with E-state index in [1.807, 2.05) is 12.1 Å². The van der Waals surface area contributed by atoms with Gasteiger partial charge in [0.15, 0.2) is 0 Å². The lowest BCUT2D eigenvalue weighted by molar-refractivity contribution is 0.186. The van der Waals surface area contributed by atoms with E-state index in [0.717, 1.165) is 25.3 Å². The number of hydrogen-bond donors (Lipinski definition) is 0. The molecule has 0 saturated carbocycles. The van der Waals surface area contributed by atoms with Crippen molar-refractivity contribution in [1.82, 2.24) is 4.90 Å². The summed E-state index contributed by atoms with van der Waals surface area (Å²) in [5.41, 5.74) is 2.69. The molecule has 0 amide bonds. The molecule has 0 aromatic heterocycles. The van der Waals surface area contributed by atoms with Crippen LogP contribution in [0.25, 0.3) is 10.8 Å². The first kappa shape index (κ1) is 17.2. The number of fused-ring (bicyclic) bond motifs is 1. The molecular formula is C24H26FN. The Bertz CT molecular complexity index is 847. The highest BCUT2D eigenvalue weighted by atomic mass is 19.1. The van der Waals surface area contributed by atoms with Crippen molar-refractivity contribution in [1.29, 1.82) is 0 Å². The first-order valence-electron chi connectivity index (χ1n) is 9.71. The van der Waals surface area contributed by atoms with Gasteiger partial charge in [0.1, 0.15) is 5.82 Å². The quantitative estimate of drug-likeness (QED) is 0.591. The summed E-state index contributed by atoms with van der Waals surface area (Å²) in [6.45, 7) is 3.50. The van der Waals surface area contributed by atoms with Gasteiger partial charge in [0.2, 0.25) is 0 Å². The highest BCUT2D eigenvalue weighted by Crippen LogP contribution is 2.22. The molecule has 0 unspecified atom stereocenters. The lowest BCUT2D eigenvalue weighted by Gasteiger charge is -2.32. The maximum absolute atomic E-state index is 13.0. The van der Waals surface area contributed by atoms with Crippen LogP contribution in [0.2, 0.25) is 0 Å². The standard InChI is InChI=1S/C24H26FN/c25-24-9-6-19(7-10-24)17-21-12-15-26(16-13-21)14-11-20-5-8-22-3-1-2-4-23(22)18-20/h1-10,18,21H,11-17H2. The van der Waals surface area contributed by atoms with Crippen LogP contribution >= 0.6 is 0 Å². The number of piperidine rings is 1. The summed E-state index contributed by atoms with van der Waals surface area (Å²) in [6, 6.07) is 22.4. The second-order valence-corrected chi connectivity index (χ2v) is 7.55. The fourth-order valence-corrected chi connectivity index (χ4v) is 4.05. The summed E-state index contributed by atoms with van der Waals surface area (Å²) in [5.74, 6) is 0.592. The minimum absolute atomic E-state index is 0.141. The van der Waals surface area contributed by atoms with Gasteiger partial charge in [-0.3, -0.25) is 0 Å². The molecule has 3 aromatic carbocycles. The van der Waals surface area contributed by atoms with E-state index >= 15 is 0 Å². The van der Waals surface area contributed by atoms with E-state index in [9.17, 15) is 4.39 Å². The van der Waals surface area contributed by atoms with Crippen LogP contribution in [-0.2, 0) is 12.8 Å². The lowest BCUT2D eigenvalue weighted by atomic mass is 9.90. The summed E-state index contributed by atoms with van der Waals surface area (Å²) < 4.78 is 13.0. The zero-order valence-corrected chi connectivity index (χ0v) is 15.2. The summed E-state index contributed by atoms with van der Waals surface area (Å²) >= 11 is 0. The molecule has 134 valence electrons. The molecule has 0 spiro atoms. The molecule has 0 atom stereocenters. The van der Waals surface area contributed by atoms with Crippen LogP contribution < -0.4 is 0 Å². The average molecular weight is 347 g/mol. The van der Waals surface area contributed by atoms with Crippen LogP contribution in [0.1, 0.15) is 24.0 Å². The summed E-state index contributed by atoms with van der Waals surface area (Å²) in [4.78, 5) is 2.59. The fourth-order valence-electron chi connectivity index (χ4n) is 4.05. The molecule has 26 heavy (non-hydrogen) atoms. The smallest absolute Gasteiger partial charge is 0.123 e. The SMILES string of the molecule is Fc1ccc(CC2CCN(CCc3ccc4ccccc4c3)CC2)cc1. The fraction of sp³-hybridized carbons (Fsp3) is 0.333. The lowest BCUT2D eigenvalue weighted by Crippen LogP contribution is -2.35. The molecule has 3 aromatic rings. The van der Waals surface area contributed by atoms with Crippen molar-refractivity contribution in [2.75, 3.05) is 19.6 Å². The Morgan fingerprint density at radius 1 is 0.808 bits per heavy atom. The molecule has 1 aliphatic rings. The molecule has 2 heteroatoms. The molecule has 1 aliphatic heterocycles.